The molecule has 16 heavy (non-hydrogen) atoms. The number of rotatable bonds is 5. The van der Waals surface area contributed by atoms with E-state index in [2.05, 4.69) is 6.07 Å². The molecule has 0 saturated carbocycles. The maximum absolute atomic E-state index is 11.5. The van der Waals surface area contributed by atoms with Crippen molar-refractivity contribution < 1.29 is 9.53 Å². The fourth-order valence-electron chi connectivity index (χ4n) is 1.24. The third kappa shape index (κ3) is 3.74. The molecule has 0 atom stereocenters. The van der Waals surface area contributed by atoms with E-state index in [-0.39, 0.29) is 5.97 Å². The lowest BCUT2D eigenvalue weighted by Gasteiger charge is -2.03. The molecule has 1 aromatic carbocycles. The quantitative estimate of drug-likeness (QED) is 0.562. The maximum Gasteiger partial charge on any atom is 0.338 e. The topological polar surface area (TPSA) is 50.1 Å². The van der Waals surface area contributed by atoms with Crippen LogP contribution in [0.2, 0.25) is 0 Å². The minimum absolute atomic E-state index is 0.294. The van der Waals surface area contributed by atoms with Crippen molar-refractivity contribution in [2.45, 2.75) is 26.2 Å². The molecule has 0 aliphatic heterocycles. The normalized spacial score (nSPS) is 9.50. The van der Waals surface area contributed by atoms with Crippen molar-refractivity contribution in [2.75, 3.05) is 6.61 Å². The van der Waals surface area contributed by atoms with Gasteiger partial charge in [0.15, 0.2) is 0 Å². The van der Waals surface area contributed by atoms with Crippen LogP contribution in [0.3, 0.4) is 0 Å². The Kier molecular flexibility index (Phi) is 5.07. The second-order valence-corrected chi connectivity index (χ2v) is 3.52. The van der Waals surface area contributed by atoms with Crippen molar-refractivity contribution in [2.24, 2.45) is 0 Å². The van der Waals surface area contributed by atoms with Crippen LogP contribution in [0.15, 0.2) is 24.3 Å². The minimum Gasteiger partial charge on any atom is -0.462 e. The number of ether oxygens (including phenoxy) is 1. The lowest BCUT2D eigenvalue weighted by Crippen LogP contribution is -2.06. The molecule has 0 aliphatic rings. The summed E-state index contributed by atoms with van der Waals surface area (Å²) in [4.78, 5) is 11.5. The molecule has 84 valence electrons. The van der Waals surface area contributed by atoms with Gasteiger partial charge in [0.1, 0.15) is 0 Å². The second-order valence-electron chi connectivity index (χ2n) is 3.52. The van der Waals surface area contributed by atoms with Gasteiger partial charge in [-0.1, -0.05) is 25.5 Å². The zero-order valence-corrected chi connectivity index (χ0v) is 9.40. The summed E-state index contributed by atoms with van der Waals surface area (Å²) in [6.07, 6.45) is 2.26. The molecule has 0 spiro atoms. The van der Waals surface area contributed by atoms with Crippen molar-refractivity contribution in [1.29, 1.82) is 5.26 Å². The first-order chi connectivity index (χ1) is 7.77. The van der Waals surface area contributed by atoms with Crippen molar-refractivity contribution >= 4 is 5.97 Å². The molecule has 0 radical (unpaired) electrons. The first kappa shape index (κ1) is 12.3. The van der Waals surface area contributed by atoms with Gasteiger partial charge in [-0.15, -0.1) is 0 Å². The molecule has 3 heteroatoms. The highest BCUT2D eigenvalue weighted by Crippen LogP contribution is 2.06. The van der Waals surface area contributed by atoms with Gasteiger partial charge in [-0.2, -0.15) is 5.26 Å². The molecule has 1 aromatic rings. The average Bonchev–Trinajstić information content (AvgIpc) is 2.30. The summed E-state index contributed by atoms with van der Waals surface area (Å²) in [5.41, 5.74) is 1.45. The van der Waals surface area contributed by atoms with Gasteiger partial charge in [-0.25, -0.2) is 4.79 Å². The monoisotopic (exact) mass is 217 g/mol. The van der Waals surface area contributed by atoms with Crippen LogP contribution in [-0.2, 0) is 11.2 Å². The summed E-state index contributed by atoms with van der Waals surface area (Å²) in [5.74, 6) is -0.294. The van der Waals surface area contributed by atoms with Gasteiger partial charge in [0, 0.05) is 0 Å². The third-order valence-corrected chi connectivity index (χ3v) is 2.20. The van der Waals surface area contributed by atoms with Crippen molar-refractivity contribution in [1.82, 2.24) is 0 Å². The van der Waals surface area contributed by atoms with E-state index in [1.807, 2.05) is 6.92 Å². The van der Waals surface area contributed by atoms with E-state index in [1.165, 1.54) is 0 Å². The maximum atomic E-state index is 11.5. The Morgan fingerprint density at radius 1 is 1.38 bits per heavy atom. The van der Waals surface area contributed by atoms with Gasteiger partial charge < -0.3 is 4.74 Å². The van der Waals surface area contributed by atoms with Gasteiger partial charge in [0.25, 0.3) is 0 Å². The molecule has 0 saturated heterocycles. The number of unbranched alkanes of at least 4 members (excludes halogenated alkanes) is 1. The summed E-state index contributed by atoms with van der Waals surface area (Å²) in [7, 11) is 0. The first-order valence-corrected chi connectivity index (χ1v) is 5.41. The first-order valence-electron chi connectivity index (χ1n) is 5.41. The molecular formula is C13H15NO2. The van der Waals surface area contributed by atoms with Crippen LogP contribution >= 0.6 is 0 Å². The Bertz CT molecular complexity index is 376. The molecule has 0 aliphatic carbocycles. The van der Waals surface area contributed by atoms with Crippen molar-refractivity contribution in [3.63, 3.8) is 0 Å². The van der Waals surface area contributed by atoms with Crippen molar-refractivity contribution in [3.8, 4) is 6.07 Å². The second kappa shape index (κ2) is 6.62. The van der Waals surface area contributed by atoms with Crippen LogP contribution in [0, 0.1) is 11.3 Å². The molecule has 3 nitrogen and oxygen atoms in total. The molecule has 0 aromatic heterocycles. The fourth-order valence-corrected chi connectivity index (χ4v) is 1.24. The smallest absolute Gasteiger partial charge is 0.338 e. The Morgan fingerprint density at radius 3 is 2.62 bits per heavy atom. The largest absolute Gasteiger partial charge is 0.462 e. The van der Waals surface area contributed by atoms with Crippen LogP contribution in [0.4, 0.5) is 0 Å². The molecule has 0 amide bonds. The van der Waals surface area contributed by atoms with Gasteiger partial charge in [-0.3, -0.25) is 0 Å². The number of hydrogen-bond donors (Lipinski definition) is 0. The number of nitrogens with zero attached hydrogens (tertiary/aromatic N) is 1. The summed E-state index contributed by atoms with van der Waals surface area (Å²) in [5, 5.41) is 8.50. The van der Waals surface area contributed by atoms with Gasteiger partial charge in [0.05, 0.1) is 24.7 Å². The van der Waals surface area contributed by atoms with E-state index in [4.69, 9.17) is 10.00 Å². The highest BCUT2D eigenvalue weighted by molar-refractivity contribution is 5.89. The molecule has 0 bridgehead atoms. The van der Waals surface area contributed by atoms with E-state index >= 15 is 0 Å². The fraction of sp³-hybridized carbons (Fsp3) is 0.385. The van der Waals surface area contributed by atoms with Crippen LogP contribution in [0.1, 0.15) is 35.7 Å². The summed E-state index contributed by atoms with van der Waals surface area (Å²) in [6, 6.07) is 9.00. The van der Waals surface area contributed by atoms with E-state index in [1.54, 1.807) is 24.3 Å². The predicted octanol–water partition coefficient (Wildman–Crippen LogP) is 2.71. The highest BCUT2D eigenvalue weighted by Gasteiger charge is 2.05. The Morgan fingerprint density at radius 2 is 2.06 bits per heavy atom. The van der Waals surface area contributed by atoms with E-state index in [0.717, 1.165) is 18.4 Å². The Labute approximate surface area is 95.7 Å². The predicted molar refractivity (Wildman–Crippen MR) is 60.9 cm³/mol. The molecule has 0 unspecified atom stereocenters. The minimum atomic E-state index is -0.294. The van der Waals surface area contributed by atoms with E-state index in [9.17, 15) is 4.79 Å². The van der Waals surface area contributed by atoms with Crippen LogP contribution < -0.4 is 0 Å². The third-order valence-electron chi connectivity index (χ3n) is 2.20. The summed E-state index contributed by atoms with van der Waals surface area (Å²) < 4.78 is 5.06. The number of nitriles is 1. The summed E-state index contributed by atoms with van der Waals surface area (Å²) >= 11 is 0. The van der Waals surface area contributed by atoms with Gasteiger partial charge >= 0.3 is 5.97 Å². The summed E-state index contributed by atoms with van der Waals surface area (Å²) in [6.45, 7) is 2.51. The average molecular weight is 217 g/mol. The highest BCUT2D eigenvalue weighted by atomic mass is 16.5. The number of esters is 1. The number of carbonyl (C=O) groups is 1. The molecule has 0 fully saturated rings. The number of benzene rings is 1. The van der Waals surface area contributed by atoms with E-state index < -0.39 is 0 Å². The lowest BCUT2D eigenvalue weighted by molar-refractivity contribution is 0.0500. The zero-order chi connectivity index (χ0) is 11.8. The number of carbonyl (C=O) groups excluding carboxylic acids is 1. The molecule has 1 rings (SSSR count). The SMILES string of the molecule is CCCCOC(=O)c1ccc(CC#N)cc1. The number of hydrogen-bond acceptors (Lipinski definition) is 3. The molecule has 0 heterocycles. The zero-order valence-electron chi connectivity index (χ0n) is 9.40. The molecule has 0 N–H and O–H groups in total. The van der Waals surface area contributed by atoms with Crippen LogP contribution in [0.25, 0.3) is 0 Å². The van der Waals surface area contributed by atoms with Crippen LogP contribution in [0.5, 0.6) is 0 Å². The molecular weight excluding hydrogens is 202 g/mol. The van der Waals surface area contributed by atoms with Crippen LogP contribution in [-0.4, -0.2) is 12.6 Å². The van der Waals surface area contributed by atoms with Gasteiger partial charge in [0.2, 0.25) is 0 Å². The standard InChI is InChI=1S/C13H15NO2/c1-2-3-10-16-13(15)12-6-4-11(5-7-12)8-9-14/h4-7H,2-3,8,10H2,1H3. The Balaban J connectivity index is 2.53. The lowest BCUT2D eigenvalue weighted by atomic mass is 10.1. The van der Waals surface area contributed by atoms with Crippen molar-refractivity contribution in [3.05, 3.63) is 35.4 Å². The van der Waals surface area contributed by atoms with Gasteiger partial charge in [-0.05, 0) is 24.1 Å². The Hall–Kier alpha value is -1.82. The van der Waals surface area contributed by atoms with E-state index in [0.29, 0.717) is 18.6 Å².